The zero-order valence-electron chi connectivity index (χ0n) is 22.2. The van der Waals surface area contributed by atoms with Crippen LogP contribution >= 0.6 is 11.3 Å². The maximum atomic E-state index is 12.5. The van der Waals surface area contributed by atoms with Crippen LogP contribution in [0.25, 0.3) is 11.3 Å². The first kappa shape index (κ1) is 26.2. The first-order valence-electron chi connectivity index (χ1n) is 13.1. The van der Waals surface area contributed by atoms with Gasteiger partial charge in [0.2, 0.25) is 0 Å². The Kier molecular flexibility index (Phi) is 7.68. The number of nitrogens with zero attached hydrogens (tertiary/aromatic N) is 4. The topological polar surface area (TPSA) is 89.7 Å². The van der Waals surface area contributed by atoms with Crippen molar-refractivity contribution in [3.63, 3.8) is 0 Å². The van der Waals surface area contributed by atoms with E-state index >= 15 is 0 Å². The van der Waals surface area contributed by atoms with E-state index in [1.165, 1.54) is 17.7 Å². The summed E-state index contributed by atoms with van der Waals surface area (Å²) in [5, 5.41) is 21.8. The molecule has 1 aliphatic carbocycles. The number of piperidine rings is 1. The summed E-state index contributed by atoms with van der Waals surface area (Å²) in [4.78, 5) is 21.4. The summed E-state index contributed by atoms with van der Waals surface area (Å²) in [7, 11) is 1.63. The number of aliphatic hydroxyl groups is 1. The first-order valence-corrected chi connectivity index (χ1v) is 14.0. The van der Waals surface area contributed by atoms with E-state index in [0.717, 1.165) is 51.9 Å². The summed E-state index contributed by atoms with van der Waals surface area (Å²) in [6, 6.07) is 13.7. The van der Waals surface area contributed by atoms with Crippen LogP contribution in [-0.2, 0) is 6.61 Å². The van der Waals surface area contributed by atoms with Crippen molar-refractivity contribution < 1.29 is 14.6 Å². The van der Waals surface area contributed by atoms with Gasteiger partial charge in [-0.1, -0.05) is 17.7 Å². The summed E-state index contributed by atoms with van der Waals surface area (Å²) in [6.07, 6.45) is 2.40. The molecule has 1 saturated heterocycles. The van der Waals surface area contributed by atoms with Gasteiger partial charge in [-0.3, -0.25) is 4.79 Å². The van der Waals surface area contributed by atoms with E-state index in [9.17, 15) is 9.90 Å². The van der Waals surface area contributed by atoms with Crippen LogP contribution < -0.4 is 9.64 Å². The molecule has 3 atom stereocenters. The van der Waals surface area contributed by atoms with Crippen molar-refractivity contribution in [1.29, 1.82) is 5.26 Å². The Morgan fingerprint density at radius 1 is 1.21 bits per heavy atom. The molecule has 1 saturated carbocycles. The minimum Gasteiger partial charge on any atom is -0.488 e. The van der Waals surface area contributed by atoms with Gasteiger partial charge in [-0.25, -0.2) is 4.98 Å². The van der Waals surface area contributed by atoms with E-state index in [1.54, 1.807) is 24.5 Å². The number of fused-ring (bicyclic) bond motifs is 2. The predicted molar refractivity (Wildman–Crippen MR) is 149 cm³/mol. The Balaban J connectivity index is 1.31. The molecule has 8 heteroatoms. The predicted octanol–water partition coefficient (Wildman–Crippen LogP) is 5.06. The molecule has 1 aliphatic heterocycles. The highest BCUT2D eigenvalue weighted by atomic mass is 32.1. The molecule has 0 spiro atoms. The van der Waals surface area contributed by atoms with Crippen molar-refractivity contribution >= 4 is 22.4 Å². The maximum Gasteiger partial charge on any atom is 0.254 e. The zero-order chi connectivity index (χ0) is 26.8. The van der Waals surface area contributed by atoms with Crippen LogP contribution in [0, 0.1) is 42.9 Å². The summed E-state index contributed by atoms with van der Waals surface area (Å²) in [6.45, 7) is 6.70. The van der Waals surface area contributed by atoms with E-state index in [2.05, 4.69) is 23.3 Å². The molecule has 0 radical (unpaired) electrons. The summed E-state index contributed by atoms with van der Waals surface area (Å²) in [5.41, 5.74) is 5.56. The number of aryl methyl sites for hydroxylation is 2. The third-order valence-corrected chi connectivity index (χ3v) is 8.94. The van der Waals surface area contributed by atoms with Crippen LogP contribution in [0.1, 0.15) is 39.9 Å². The number of benzene rings is 2. The van der Waals surface area contributed by atoms with Gasteiger partial charge in [-0.15, -0.1) is 11.3 Å². The number of rotatable bonds is 8. The Labute approximate surface area is 228 Å². The summed E-state index contributed by atoms with van der Waals surface area (Å²) < 4.78 is 6.31. The lowest BCUT2D eigenvalue weighted by molar-refractivity contribution is 0.0812. The molecular formula is C30H34N4O3S. The molecule has 2 aliphatic rings. The van der Waals surface area contributed by atoms with Crippen LogP contribution in [0.5, 0.6) is 5.75 Å². The number of carbonyl (C=O) groups is 1. The highest BCUT2D eigenvalue weighted by Crippen LogP contribution is 2.44. The number of amides is 1. The van der Waals surface area contributed by atoms with Gasteiger partial charge in [0.1, 0.15) is 18.9 Å². The van der Waals surface area contributed by atoms with Crippen LogP contribution in [0.15, 0.2) is 41.8 Å². The highest BCUT2D eigenvalue weighted by molar-refractivity contribution is 7.14. The van der Waals surface area contributed by atoms with E-state index in [-0.39, 0.29) is 12.5 Å². The molecule has 5 rings (SSSR count). The van der Waals surface area contributed by atoms with Gasteiger partial charge in [0.05, 0.1) is 11.8 Å². The standard InChI is InChI=1S/C30H34N4O3S/c1-19-4-9-28(37-17-24-8-5-21(13-20(24)2)29(36)33(3)11-10-31)25(12-19)27-18-38-30(32-27)34-14-22-6-7-23(15-34)26(22)16-35/h4-5,8-9,12-13,18,22-23,26,35H,6-7,11,14-17H2,1-3H3/t22-,23+,26?. The van der Waals surface area contributed by atoms with E-state index in [1.807, 2.05) is 37.3 Å². The fourth-order valence-electron chi connectivity index (χ4n) is 5.84. The lowest BCUT2D eigenvalue weighted by Gasteiger charge is -2.37. The van der Waals surface area contributed by atoms with Crippen molar-refractivity contribution in [3.8, 4) is 23.1 Å². The maximum absolute atomic E-state index is 12.5. The monoisotopic (exact) mass is 530 g/mol. The van der Waals surface area contributed by atoms with E-state index in [4.69, 9.17) is 15.0 Å². The van der Waals surface area contributed by atoms with Crippen molar-refractivity contribution in [3.05, 3.63) is 64.0 Å². The highest BCUT2D eigenvalue weighted by Gasteiger charge is 2.42. The molecule has 198 valence electrons. The lowest BCUT2D eigenvalue weighted by atomic mass is 9.86. The van der Waals surface area contributed by atoms with Crippen LogP contribution in [0.2, 0.25) is 0 Å². The largest absolute Gasteiger partial charge is 0.488 e. The Morgan fingerprint density at radius 3 is 2.66 bits per heavy atom. The number of aliphatic hydroxyl groups excluding tert-OH is 1. The zero-order valence-corrected chi connectivity index (χ0v) is 23.0. The molecule has 3 aromatic rings. The Morgan fingerprint density at radius 2 is 1.97 bits per heavy atom. The molecule has 1 unspecified atom stereocenters. The number of aromatic nitrogens is 1. The van der Waals surface area contributed by atoms with Gasteiger partial charge >= 0.3 is 0 Å². The fourth-order valence-corrected chi connectivity index (χ4v) is 6.68. The molecule has 1 amide bonds. The summed E-state index contributed by atoms with van der Waals surface area (Å²) in [5.74, 6) is 2.16. The number of ether oxygens (including phenoxy) is 1. The van der Waals surface area contributed by atoms with Gasteiger partial charge in [0, 0.05) is 43.3 Å². The number of carbonyl (C=O) groups excluding carboxylic acids is 1. The first-order chi connectivity index (χ1) is 18.4. The summed E-state index contributed by atoms with van der Waals surface area (Å²) >= 11 is 1.67. The van der Waals surface area contributed by atoms with Crippen molar-refractivity contribution in [2.75, 3.05) is 38.2 Å². The lowest BCUT2D eigenvalue weighted by Crippen LogP contribution is -2.43. The van der Waals surface area contributed by atoms with Crippen molar-refractivity contribution in [2.45, 2.75) is 33.3 Å². The Hall–Kier alpha value is -3.41. The molecule has 2 bridgehead atoms. The normalized spacial score (nSPS) is 20.3. The van der Waals surface area contributed by atoms with Gasteiger partial charge < -0.3 is 19.6 Å². The second-order valence-electron chi connectivity index (χ2n) is 10.6. The molecule has 38 heavy (non-hydrogen) atoms. The molecule has 7 nitrogen and oxygen atoms in total. The van der Waals surface area contributed by atoms with Gasteiger partial charge in [-0.2, -0.15) is 5.26 Å². The second kappa shape index (κ2) is 11.1. The fraction of sp³-hybridized carbons (Fsp3) is 0.433. The van der Waals surface area contributed by atoms with Crippen LogP contribution in [-0.4, -0.2) is 54.2 Å². The quantitative estimate of drug-likeness (QED) is 0.410. The molecule has 2 fully saturated rings. The van der Waals surface area contributed by atoms with Crippen LogP contribution in [0.3, 0.4) is 0 Å². The third kappa shape index (κ3) is 5.27. The molecule has 1 N–H and O–H groups in total. The van der Waals surface area contributed by atoms with Gasteiger partial charge in [-0.05, 0) is 79.8 Å². The molecule has 2 heterocycles. The minimum atomic E-state index is -0.170. The third-order valence-electron chi connectivity index (χ3n) is 8.04. The minimum absolute atomic E-state index is 0.0549. The number of anilines is 1. The average molecular weight is 531 g/mol. The number of hydrogen-bond acceptors (Lipinski definition) is 7. The average Bonchev–Trinajstić information content (AvgIpc) is 3.50. The van der Waals surface area contributed by atoms with Crippen molar-refractivity contribution in [2.24, 2.45) is 17.8 Å². The Bertz CT molecular complexity index is 1350. The van der Waals surface area contributed by atoms with Crippen LogP contribution in [0.4, 0.5) is 5.13 Å². The molecule has 2 aromatic carbocycles. The molecular weight excluding hydrogens is 496 g/mol. The number of nitriles is 1. The SMILES string of the molecule is Cc1ccc(OCc2ccc(C(=O)N(C)CC#N)cc2C)c(-c2csc(N3C[C@H]4CC[C@@H](C3)C4CO)n2)c1. The number of hydrogen-bond donors (Lipinski definition) is 1. The van der Waals surface area contributed by atoms with E-state index < -0.39 is 0 Å². The second-order valence-corrected chi connectivity index (χ2v) is 11.4. The number of thiazole rings is 1. The molecule has 1 aromatic heterocycles. The van der Waals surface area contributed by atoms with Gasteiger partial charge in [0.25, 0.3) is 5.91 Å². The van der Waals surface area contributed by atoms with Crippen molar-refractivity contribution in [1.82, 2.24) is 9.88 Å². The van der Waals surface area contributed by atoms with Gasteiger partial charge in [0.15, 0.2) is 5.13 Å². The smallest absolute Gasteiger partial charge is 0.254 e. The van der Waals surface area contributed by atoms with E-state index in [0.29, 0.717) is 36.5 Å².